The largest absolute Gasteiger partial charge is 0.362 e. The molecule has 1 N–H and O–H groups in total. The molecule has 2 aromatic heterocycles. The minimum atomic E-state index is 0.199. The van der Waals surface area contributed by atoms with Gasteiger partial charge in [0.05, 0.1) is 12.2 Å². The molecule has 2 heterocycles. The highest BCUT2D eigenvalue weighted by Gasteiger charge is 2.04. The highest BCUT2D eigenvalue weighted by molar-refractivity contribution is 5.34. The van der Waals surface area contributed by atoms with Crippen LogP contribution < -0.4 is 5.32 Å². The predicted molar refractivity (Wildman–Crippen MR) is 58.3 cm³/mol. The van der Waals surface area contributed by atoms with Crippen molar-refractivity contribution in [2.24, 2.45) is 0 Å². The molecule has 0 fully saturated rings. The monoisotopic (exact) mass is 200 g/mol. The van der Waals surface area contributed by atoms with Gasteiger partial charge in [-0.2, -0.15) is 0 Å². The molecule has 0 saturated carbocycles. The van der Waals surface area contributed by atoms with Crippen LogP contribution in [0.25, 0.3) is 0 Å². The molecule has 0 saturated heterocycles. The van der Waals surface area contributed by atoms with Crippen LogP contribution in [0.5, 0.6) is 0 Å². The average molecular weight is 200 g/mol. The van der Waals surface area contributed by atoms with E-state index in [1.165, 1.54) is 5.56 Å². The van der Waals surface area contributed by atoms with Gasteiger partial charge in [-0.1, -0.05) is 0 Å². The van der Waals surface area contributed by atoms with Gasteiger partial charge in [-0.05, 0) is 24.6 Å². The van der Waals surface area contributed by atoms with Crippen molar-refractivity contribution in [2.75, 3.05) is 5.32 Å². The Morgan fingerprint density at radius 2 is 1.87 bits per heavy atom. The lowest BCUT2D eigenvalue weighted by Crippen LogP contribution is -2.07. The number of aromatic nitrogens is 3. The second-order valence-electron chi connectivity index (χ2n) is 3.24. The van der Waals surface area contributed by atoms with E-state index >= 15 is 0 Å². The average Bonchev–Trinajstić information content (AvgIpc) is 2.31. The zero-order valence-corrected chi connectivity index (χ0v) is 8.46. The fourth-order valence-electron chi connectivity index (χ4n) is 1.33. The van der Waals surface area contributed by atoms with Crippen molar-refractivity contribution in [2.45, 2.75) is 13.0 Å². The number of anilines is 1. The van der Waals surface area contributed by atoms with Gasteiger partial charge in [-0.25, -0.2) is 4.98 Å². The van der Waals surface area contributed by atoms with Crippen LogP contribution in [-0.2, 0) is 0 Å². The second kappa shape index (κ2) is 4.50. The molecule has 0 spiro atoms. The third kappa shape index (κ3) is 2.49. The number of rotatable bonds is 3. The van der Waals surface area contributed by atoms with Crippen LogP contribution >= 0.6 is 0 Å². The molecule has 2 rings (SSSR count). The van der Waals surface area contributed by atoms with Gasteiger partial charge in [0.15, 0.2) is 0 Å². The standard InChI is InChI=1S/C11H12N4/c1-9(10-2-4-12-5-3-10)15-11-8-13-6-7-14-11/h2-9H,1H3,(H,14,15). The Balaban J connectivity index is 2.08. The SMILES string of the molecule is CC(Nc1cnccn1)c1ccncc1. The molecule has 0 bridgehead atoms. The van der Waals surface area contributed by atoms with Crippen molar-refractivity contribution in [1.82, 2.24) is 15.0 Å². The van der Waals surface area contributed by atoms with E-state index in [1.807, 2.05) is 12.1 Å². The molecule has 15 heavy (non-hydrogen) atoms. The Bertz CT molecular complexity index is 401. The Hall–Kier alpha value is -1.97. The minimum absolute atomic E-state index is 0.199. The van der Waals surface area contributed by atoms with Gasteiger partial charge in [0, 0.05) is 24.8 Å². The van der Waals surface area contributed by atoms with E-state index in [-0.39, 0.29) is 6.04 Å². The van der Waals surface area contributed by atoms with Crippen LogP contribution in [0.3, 0.4) is 0 Å². The quantitative estimate of drug-likeness (QED) is 0.823. The Morgan fingerprint density at radius 1 is 1.07 bits per heavy atom. The molecule has 76 valence electrons. The molecule has 4 nitrogen and oxygen atoms in total. The van der Waals surface area contributed by atoms with Crippen molar-refractivity contribution in [3.8, 4) is 0 Å². The van der Waals surface area contributed by atoms with Crippen molar-refractivity contribution < 1.29 is 0 Å². The molecule has 4 heteroatoms. The fourth-order valence-corrected chi connectivity index (χ4v) is 1.33. The number of pyridine rings is 1. The first-order chi connectivity index (χ1) is 7.36. The minimum Gasteiger partial charge on any atom is -0.362 e. The van der Waals surface area contributed by atoms with E-state index in [2.05, 4.69) is 27.2 Å². The maximum Gasteiger partial charge on any atom is 0.144 e. The first-order valence-electron chi connectivity index (χ1n) is 4.79. The Labute approximate surface area is 88.4 Å². The molecular weight excluding hydrogens is 188 g/mol. The smallest absolute Gasteiger partial charge is 0.144 e. The van der Waals surface area contributed by atoms with E-state index in [1.54, 1.807) is 31.0 Å². The first-order valence-corrected chi connectivity index (χ1v) is 4.79. The maximum absolute atomic E-state index is 4.15. The van der Waals surface area contributed by atoms with Gasteiger partial charge >= 0.3 is 0 Å². The molecular formula is C11H12N4. The van der Waals surface area contributed by atoms with E-state index in [0.717, 1.165) is 5.82 Å². The lowest BCUT2D eigenvalue weighted by atomic mass is 10.1. The van der Waals surface area contributed by atoms with Gasteiger partial charge in [-0.3, -0.25) is 9.97 Å². The van der Waals surface area contributed by atoms with Gasteiger partial charge in [0.1, 0.15) is 5.82 Å². The maximum atomic E-state index is 4.15. The van der Waals surface area contributed by atoms with E-state index in [4.69, 9.17) is 0 Å². The summed E-state index contributed by atoms with van der Waals surface area (Å²) in [5, 5.41) is 3.26. The summed E-state index contributed by atoms with van der Waals surface area (Å²) in [6.07, 6.45) is 8.59. The highest BCUT2D eigenvalue weighted by Crippen LogP contribution is 2.15. The van der Waals surface area contributed by atoms with Crippen LogP contribution in [0, 0.1) is 0 Å². The zero-order chi connectivity index (χ0) is 10.5. The van der Waals surface area contributed by atoms with Crippen LogP contribution in [0.2, 0.25) is 0 Å². The number of nitrogens with one attached hydrogen (secondary N) is 1. The van der Waals surface area contributed by atoms with Crippen molar-refractivity contribution in [3.05, 3.63) is 48.7 Å². The summed E-state index contributed by atoms with van der Waals surface area (Å²) in [4.78, 5) is 12.1. The van der Waals surface area contributed by atoms with Crippen molar-refractivity contribution in [1.29, 1.82) is 0 Å². The molecule has 1 unspecified atom stereocenters. The molecule has 0 radical (unpaired) electrons. The zero-order valence-electron chi connectivity index (χ0n) is 8.46. The first kappa shape index (κ1) is 9.58. The fraction of sp³-hybridized carbons (Fsp3) is 0.182. The summed E-state index contributed by atoms with van der Waals surface area (Å²) in [6.45, 7) is 2.07. The molecule has 2 aromatic rings. The molecule has 0 aromatic carbocycles. The van der Waals surface area contributed by atoms with Crippen molar-refractivity contribution in [3.63, 3.8) is 0 Å². The van der Waals surface area contributed by atoms with E-state index in [9.17, 15) is 0 Å². The number of hydrogen-bond acceptors (Lipinski definition) is 4. The normalized spacial score (nSPS) is 12.1. The molecule has 0 aliphatic heterocycles. The topological polar surface area (TPSA) is 50.7 Å². The third-order valence-electron chi connectivity index (χ3n) is 2.13. The van der Waals surface area contributed by atoms with Gasteiger partial charge in [0.25, 0.3) is 0 Å². The second-order valence-corrected chi connectivity index (χ2v) is 3.24. The van der Waals surface area contributed by atoms with Gasteiger partial charge in [0.2, 0.25) is 0 Å². The van der Waals surface area contributed by atoms with Crippen LogP contribution in [0.1, 0.15) is 18.5 Å². The summed E-state index contributed by atoms with van der Waals surface area (Å²) in [6, 6.07) is 4.16. The lowest BCUT2D eigenvalue weighted by molar-refractivity contribution is 0.868. The molecule has 1 atom stereocenters. The van der Waals surface area contributed by atoms with Crippen LogP contribution in [0.15, 0.2) is 43.1 Å². The predicted octanol–water partition coefficient (Wildman–Crippen LogP) is 2.04. The Morgan fingerprint density at radius 3 is 2.53 bits per heavy atom. The van der Waals surface area contributed by atoms with E-state index < -0.39 is 0 Å². The number of hydrogen-bond donors (Lipinski definition) is 1. The third-order valence-corrected chi connectivity index (χ3v) is 2.13. The Kier molecular flexibility index (Phi) is 2.88. The van der Waals surface area contributed by atoms with Gasteiger partial charge < -0.3 is 5.32 Å². The summed E-state index contributed by atoms with van der Waals surface area (Å²) in [5.74, 6) is 0.779. The van der Waals surface area contributed by atoms with Crippen LogP contribution in [-0.4, -0.2) is 15.0 Å². The molecule has 0 amide bonds. The number of nitrogens with zero attached hydrogens (tertiary/aromatic N) is 3. The molecule has 0 aliphatic carbocycles. The van der Waals surface area contributed by atoms with Gasteiger partial charge in [-0.15, -0.1) is 0 Å². The highest BCUT2D eigenvalue weighted by atomic mass is 15.0. The summed E-state index contributed by atoms with van der Waals surface area (Å²) in [5.41, 5.74) is 1.18. The summed E-state index contributed by atoms with van der Waals surface area (Å²) in [7, 11) is 0. The summed E-state index contributed by atoms with van der Waals surface area (Å²) >= 11 is 0. The van der Waals surface area contributed by atoms with Crippen molar-refractivity contribution >= 4 is 5.82 Å². The van der Waals surface area contributed by atoms with Crippen LogP contribution in [0.4, 0.5) is 5.82 Å². The lowest BCUT2D eigenvalue weighted by Gasteiger charge is -2.13. The van der Waals surface area contributed by atoms with E-state index in [0.29, 0.717) is 0 Å². The summed E-state index contributed by atoms with van der Waals surface area (Å²) < 4.78 is 0. The molecule has 0 aliphatic rings.